The number of anilines is 1. The number of para-hydroxylation sites is 1. The Morgan fingerprint density at radius 1 is 1.07 bits per heavy atom. The van der Waals surface area contributed by atoms with Crippen LogP contribution in [0.15, 0.2) is 53.4 Å². The highest BCUT2D eigenvalue weighted by molar-refractivity contribution is 7.89. The molecule has 3 rings (SSSR count). The predicted octanol–water partition coefficient (Wildman–Crippen LogP) is 4.33. The average molecular weight is 415 g/mol. The van der Waals surface area contributed by atoms with Gasteiger partial charge in [-0.25, -0.2) is 8.42 Å². The molecule has 0 radical (unpaired) electrons. The van der Waals surface area contributed by atoms with Crippen molar-refractivity contribution >= 4 is 21.6 Å². The number of sulfonamides is 1. The minimum atomic E-state index is -3.60. The molecule has 1 amide bonds. The van der Waals surface area contributed by atoms with Crippen LogP contribution in [0.2, 0.25) is 0 Å². The van der Waals surface area contributed by atoms with E-state index in [-0.39, 0.29) is 28.7 Å². The van der Waals surface area contributed by atoms with Crippen LogP contribution in [0.1, 0.15) is 44.7 Å². The van der Waals surface area contributed by atoms with Crippen molar-refractivity contribution in [3.05, 3.63) is 59.7 Å². The first-order valence-electron chi connectivity index (χ1n) is 10.1. The third-order valence-electron chi connectivity index (χ3n) is 5.41. The lowest BCUT2D eigenvalue weighted by Gasteiger charge is -2.32. The third-order valence-corrected chi connectivity index (χ3v) is 7.29. The molecule has 1 saturated heterocycles. The van der Waals surface area contributed by atoms with Crippen LogP contribution >= 0.6 is 0 Å². The Hall–Kier alpha value is -2.18. The van der Waals surface area contributed by atoms with E-state index in [1.165, 1.54) is 4.31 Å². The number of carbonyl (C=O) groups is 1. The molecule has 2 aromatic rings. The van der Waals surface area contributed by atoms with E-state index in [1.807, 2.05) is 31.2 Å². The summed E-state index contributed by atoms with van der Waals surface area (Å²) in [6, 6.07) is 14.6. The van der Waals surface area contributed by atoms with Gasteiger partial charge in [0.2, 0.25) is 15.9 Å². The second kappa shape index (κ2) is 8.28. The van der Waals surface area contributed by atoms with Gasteiger partial charge in [0.1, 0.15) is 0 Å². The molecule has 1 atom stereocenters. The number of benzene rings is 2. The maximum Gasteiger partial charge on any atom is 0.243 e. The van der Waals surface area contributed by atoms with Gasteiger partial charge in [-0.05, 0) is 48.9 Å². The summed E-state index contributed by atoms with van der Waals surface area (Å²) < 4.78 is 27.5. The van der Waals surface area contributed by atoms with Crippen LogP contribution in [0.4, 0.5) is 5.69 Å². The fourth-order valence-electron chi connectivity index (χ4n) is 3.71. The molecular formula is C23H30N2O3S. The largest absolute Gasteiger partial charge is 0.326 e. The quantitative estimate of drug-likeness (QED) is 0.810. The molecule has 0 spiro atoms. The summed E-state index contributed by atoms with van der Waals surface area (Å²) in [7, 11) is -3.60. The topological polar surface area (TPSA) is 66.5 Å². The molecular weight excluding hydrogens is 384 g/mol. The second-order valence-electron chi connectivity index (χ2n) is 8.80. The normalized spacial score (nSPS) is 18.4. The first-order valence-corrected chi connectivity index (χ1v) is 11.5. The Balaban J connectivity index is 1.76. The van der Waals surface area contributed by atoms with E-state index in [4.69, 9.17) is 0 Å². The van der Waals surface area contributed by atoms with E-state index in [0.29, 0.717) is 19.4 Å². The van der Waals surface area contributed by atoms with Gasteiger partial charge in [0.15, 0.2) is 0 Å². The number of rotatable bonds is 4. The predicted molar refractivity (Wildman–Crippen MR) is 116 cm³/mol. The highest BCUT2D eigenvalue weighted by Crippen LogP contribution is 2.30. The van der Waals surface area contributed by atoms with E-state index < -0.39 is 10.0 Å². The Bertz CT molecular complexity index is 976. The Morgan fingerprint density at radius 3 is 2.38 bits per heavy atom. The van der Waals surface area contributed by atoms with Gasteiger partial charge in [-0.15, -0.1) is 0 Å². The summed E-state index contributed by atoms with van der Waals surface area (Å²) in [5, 5.41) is 3.05. The van der Waals surface area contributed by atoms with Gasteiger partial charge in [-0.1, -0.05) is 56.7 Å². The Kier molecular flexibility index (Phi) is 6.15. The van der Waals surface area contributed by atoms with Crippen molar-refractivity contribution in [2.45, 2.75) is 50.8 Å². The average Bonchev–Trinajstić information content (AvgIpc) is 2.68. The van der Waals surface area contributed by atoms with Crippen molar-refractivity contribution < 1.29 is 13.2 Å². The fraction of sp³-hybridized carbons (Fsp3) is 0.435. The van der Waals surface area contributed by atoms with E-state index in [0.717, 1.165) is 16.8 Å². The molecule has 1 heterocycles. The minimum absolute atomic E-state index is 0.0999. The van der Waals surface area contributed by atoms with Crippen molar-refractivity contribution in [2.75, 3.05) is 18.4 Å². The summed E-state index contributed by atoms with van der Waals surface area (Å²) in [6.45, 7) is 8.89. The summed E-state index contributed by atoms with van der Waals surface area (Å²) in [4.78, 5) is 13.2. The lowest BCUT2D eigenvalue weighted by Crippen LogP contribution is -2.43. The highest BCUT2D eigenvalue weighted by atomic mass is 32.2. The standard InChI is InChI=1S/C23H30N2O3S/c1-17-11-13-19(14-12-17)29(27,28)25-15-7-8-18(16-25)22(26)24-21-10-6-5-9-20(21)23(2,3)4/h5-6,9-14,18H,7-8,15-16H2,1-4H3,(H,24,26). The zero-order valence-electron chi connectivity index (χ0n) is 17.6. The Morgan fingerprint density at radius 2 is 1.72 bits per heavy atom. The highest BCUT2D eigenvalue weighted by Gasteiger charge is 2.33. The first kappa shape index (κ1) is 21.5. The van der Waals surface area contributed by atoms with Crippen LogP contribution in [0, 0.1) is 12.8 Å². The number of aryl methyl sites for hydroxylation is 1. The van der Waals surface area contributed by atoms with Crippen LogP contribution in [-0.4, -0.2) is 31.7 Å². The zero-order chi connectivity index (χ0) is 21.2. The molecule has 1 aliphatic heterocycles. The van der Waals surface area contributed by atoms with Crippen molar-refractivity contribution in [1.82, 2.24) is 4.31 Å². The molecule has 0 aliphatic carbocycles. The van der Waals surface area contributed by atoms with Gasteiger partial charge in [0.05, 0.1) is 10.8 Å². The van der Waals surface area contributed by atoms with Gasteiger partial charge < -0.3 is 5.32 Å². The third kappa shape index (κ3) is 4.87. The molecule has 29 heavy (non-hydrogen) atoms. The van der Waals surface area contributed by atoms with Crippen molar-refractivity contribution in [2.24, 2.45) is 5.92 Å². The molecule has 0 saturated carbocycles. The summed E-state index contributed by atoms with van der Waals surface area (Å²) in [5.74, 6) is -0.484. The number of piperidine rings is 1. The SMILES string of the molecule is Cc1ccc(S(=O)(=O)N2CCCC(C(=O)Nc3ccccc3C(C)(C)C)C2)cc1. The maximum atomic E-state index is 13.0. The molecule has 1 fully saturated rings. The van der Waals surface area contributed by atoms with Crippen LogP contribution in [0.5, 0.6) is 0 Å². The second-order valence-corrected chi connectivity index (χ2v) is 10.7. The van der Waals surface area contributed by atoms with Crippen molar-refractivity contribution in [3.8, 4) is 0 Å². The molecule has 0 bridgehead atoms. The van der Waals surface area contributed by atoms with Crippen molar-refractivity contribution in [3.63, 3.8) is 0 Å². The Labute approximate surface area is 174 Å². The van der Waals surface area contributed by atoms with Crippen molar-refractivity contribution in [1.29, 1.82) is 0 Å². The lowest BCUT2D eigenvalue weighted by molar-refractivity contribution is -0.120. The van der Waals surface area contributed by atoms with Crippen LogP contribution < -0.4 is 5.32 Å². The number of nitrogens with zero attached hydrogens (tertiary/aromatic N) is 1. The smallest absolute Gasteiger partial charge is 0.243 e. The number of hydrogen-bond acceptors (Lipinski definition) is 3. The lowest BCUT2D eigenvalue weighted by atomic mass is 9.85. The molecule has 6 heteroatoms. The summed E-state index contributed by atoms with van der Waals surface area (Å²) in [6.07, 6.45) is 1.35. The van der Waals surface area contributed by atoms with E-state index >= 15 is 0 Å². The minimum Gasteiger partial charge on any atom is -0.326 e. The fourth-order valence-corrected chi connectivity index (χ4v) is 5.24. The van der Waals surface area contributed by atoms with Crippen LogP contribution in [0.3, 0.4) is 0 Å². The zero-order valence-corrected chi connectivity index (χ0v) is 18.4. The number of amides is 1. The van der Waals surface area contributed by atoms with Gasteiger partial charge in [-0.3, -0.25) is 4.79 Å². The first-order chi connectivity index (χ1) is 13.6. The molecule has 5 nitrogen and oxygen atoms in total. The summed E-state index contributed by atoms with van der Waals surface area (Å²) in [5.41, 5.74) is 2.77. The van der Waals surface area contributed by atoms with Gasteiger partial charge in [0, 0.05) is 18.8 Å². The van der Waals surface area contributed by atoms with Gasteiger partial charge >= 0.3 is 0 Å². The number of nitrogens with one attached hydrogen (secondary N) is 1. The van der Waals surface area contributed by atoms with Crippen LogP contribution in [-0.2, 0) is 20.2 Å². The molecule has 1 unspecified atom stereocenters. The monoisotopic (exact) mass is 414 g/mol. The number of carbonyl (C=O) groups excluding carboxylic acids is 1. The van der Waals surface area contributed by atoms with E-state index in [2.05, 4.69) is 26.1 Å². The molecule has 156 valence electrons. The molecule has 2 aromatic carbocycles. The van der Waals surface area contributed by atoms with Gasteiger partial charge in [0.25, 0.3) is 0 Å². The summed E-state index contributed by atoms with van der Waals surface area (Å²) >= 11 is 0. The molecule has 0 aromatic heterocycles. The van der Waals surface area contributed by atoms with Gasteiger partial charge in [-0.2, -0.15) is 4.31 Å². The van der Waals surface area contributed by atoms with E-state index in [9.17, 15) is 13.2 Å². The molecule has 1 aliphatic rings. The van der Waals surface area contributed by atoms with Crippen LogP contribution in [0.25, 0.3) is 0 Å². The maximum absolute atomic E-state index is 13.0. The van der Waals surface area contributed by atoms with E-state index in [1.54, 1.807) is 24.3 Å². The number of hydrogen-bond donors (Lipinski definition) is 1. The molecule has 1 N–H and O–H groups in total.